The van der Waals surface area contributed by atoms with Crippen LogP contribution in [0.2, 0.25) is 0 Å². The van der Waals surface area contributed by atoms with Crippen LogP contribution in [-0.4, -0.2) is 24.6 Å². The van der Waals surface area contributed by atoms with E-state index in [1.165, 1.54) is 16.1 Å². The molecule has 0 aliphatic carbocycles. The summed E-state index contributed by atoms with van der Waals surface area (Å²) >= 11 is 1.83. The fraction of sp³-hybridized carbons (Fsp3) is 0.471. The zero-order valence-electron chi connectivity index (χ0n) is 13.4. The van der Waals surface area contributed by atoms with Crippen molar-refractivity contribution in [2.24, 2.45) is 0 Å². The minimum absolute atomic E-state index is 0.482. The molecule has 0 amide bonds. The highest BCUT2D eigenvalue weighted by molar-refractivity contribution is 7.09. The first-order valence-corrected chi connectivity index (χ1v) is 8.36. The van der Waals surface area contributed by atoms with E-state index in [9.17, 15) is 0 Å². The third-order valence-electron chi connectivity index (χ3n) is 3.48. The largest absolute Gasteiger partial charge is 0.374 e. The normalized spacial score (nSPS) is 11.1. The number of aryl methyl sites for hydroxylation is 1. The van der Waals surface area contributed by atoms with Crippen molar-refractivity contribution in [2.75, 3.05) is 18.5 Å². The lowest BCUT2D eigenvalue weighted by Gasteiger charge is -2.23. The average Bonchev–Trinajstić information content (AvgIpc) is 2.96. The Balaban J connectivity index is 2.06. The highest BCUT2D eigenvalue weighted by Gasteiger charge is 2.09. The molecule has 0 bridgehead atoms. The molecule has 4 heteroatoms. The molecule has 0 spiro atoms. The maximum atomic E-state index is 4.45. The van der Waals surface area contributed by atoms with E-state index in [2.05, 4.69) is 66.6 Å². The number of hydrogen-bond donors (Lipinski definition) is 1. The summed E-state index contributed by atoms with van der Waals surface area (Å²) in [6.07, 6.45) is 3.09. The molecule has 1 N–H and O–H groups in total. The van der Waals surface area contributed by atoms with Crippen LogP contribution in [-0.2, 0) is 13.0 Å². The number of aromatic nitrogens is 1. The summed E-state index contributed by atoms with van der Waals surface area (Å²) in [5.74, 6) is 0. The van der Waals surface area contributed by atoms with Gasteiger partial charge in [0.1, 0.15) is 0 Å². The lowest BCUT2D eigenvalue weighted by molar-refractivity contribution is 0.587. The summed E-state index contributed by atoms with van der Waals surface area (Å²) in [4.78, 5) is 8.22. The molecule has 21 heavy (non-hydrogen) atoms. The Bertz CT molecular complexity index is 549. The number of nitrogens with one attached hydrogen (secondary N) is 1. The molecule has 0 fully saturated rings. The zero-order chi connectivity index (χ0) is 15.2. The Hall–Kier alpha value is -1.39. The second-order valence-corrected chi connectivity index (χ2v) is 6.77. The molecule has 2 aromatic rings. The molecule has 2 aromatic heterocycles. The van der Waals surface area contributed by atoms with Gasteiger partial charge in [-0.2, -0.15) is 0 Å². The van der Waals surface area contributed by atoms with Gasteiger partial charge in [0.2, 0.25) is 0 Å². The summed E-state index contributed by atoms with van der Waals surface area (Å²) in [5, 5.41) is 5.62. The molecule has 3 nitrogen and oxygen atoms in total. The summed E-state index contributed by atoms with van der Waals surface area (Å²) in [6, 6.07) is 6.99. The van der Waals surface area contributed by atoms with E-state index in [1.807, 2.05) is 17.5 Å². The molecule has 2 rings (SSSR count). The molecule has 114 valence electrons. The van der Waals surface area contributed by atoms with Crippen molar-refractivity contribution < 1.29 is 0 Å². The average molecular weight is 303 g/mol. The highest BCUT2D eigenvalue weighted by Crippen LogP contribution is 2.21. The van der Waals surface area contributed by atoms with Crippen LogP contribution in [0, 0.1) is 6.92 Å². The topological polar surface area (TPSA) is 28.2 Å². The first-order chi connectivity index (χ1) is 10.1. The van der Waals surface area contributed by atoms with Gasteiger partial charge >= 0.3 is 0 Å². The summed E-state index contributed by atoms with van der Waals surface area (Å²) < 4.78 is 0. The smallest absolute Gasteiger partial charge is 0.0443 e. The second kappa shape index (κ2) is 7.57. The Morgan fingerprint density at radius 2 is 2.19 bits per heavy atom. The van der Waals surface area contributed by atoms with Crippen molar-refractivity contribution in [3.63, 3.8) is 0 Å². The molecule has 0 aliphatic rings. The van der Waals surface area contributed by atoms with Gasteiger partial charge < -0.3 is 10.2 Å². The Labute approximate surface area is 132 Å². The maximum Gasteiger partial charge on any atom is 0.0443 e. The van der Waals surface area contributed by atoms with E-state index in [0.717, 1.165) is 25.2 Å². The van der Waals surface area contributed by atoms with Crippen LogP contribution < -0.4 is 10.2 Å². The van der Waals surface area contributed by atoms with E-state index < -0.39 is 0 Å². The number of pyridine rings is 1. The van der Waals surface area contributed by atoms with Gasteiger partial charge in [-0.25, -0.2) is 0 Å². The number of anilines is 1. The fourth-order valence-electron chi connectivity index (χ4n) is 2.23. The lowest BCUT2D eigenvalue weighted by Crippen LogP contribution is -2.26. The van der Waals surface area contributed by atoms with Gasteiger partial charge in [0.15, 0.2) is 0 Å². The molecular formula is C17H25N3S. The van der Waals surface area contributed by atoms with Crippen LogP contribution in [0.1, 0.15) is 30.0 Å². The monoisotopic (exact) mass is 303 g/mol. The SMILES string of the molecule is Cc1cc(N(C)CCc2cccs2)c(CNC(C)C)cn1. The van der Waals surface area contributed by atoms with Crippen molar-refractivity contribution in [1.29, 1.82) is 0 Å². The van der Waals surface area contributed by atoms with Gasteiger partial charge in [0.05, 0.1) is 0 Å². The van der Waals surface area contributed by atoms with Crippen molar-refractivity contribution >= 4 is 17.0 Å². The third kappa shape index (κ3) is 4.83. The molecule has 0 saturated heterocycles. The van der Waals surface area contributed by atoms with E-state index in [-0.39, 0.29) is 0 Å². The maximum absolute atomic E-state index is 4.45. The highest BCUT2D eigenvalue weighted by atomic mass is 32.1. The summed E-state index contributed by atoms with van der Waals surface area (Å²) in [7, 11) is 2.17. The summed E-state index contributed by atoms with van der Waals surface area (Å²) in [5.41, 5.74) is 3.62. The first-order valence-electron chi connectivity index (χ1n) is 7.48. The lowest BCUT2D eigenvalue weighted by atomic mass is 10.1. The number of thiophene rings is 1. The van der Waals surface area contributed by atoms with Crippen LogP contribution in [0.4, 0.5) is 5.69 Å². The van der Waals surface area contributed by atoms with Crippen LogP contribution in [0.15, 0.2) is 29.8 Å². The van der Waals surface area contributed by atoms with Crippen molar-refractivity contribution in [2.45, 2.75) is 39.8 Å². The van der Waals surface area contributed by atoms with E-state index in [4.69, 9.17) is 0 Å². The van der Waals surface area contributed by atoms with Gasteiger partial charge in [0.25, 0.3) is 0 Å². The van der Waals surface area contributed by atoms with Crippen molar-refractivity contribution in [1.82, 2.24) is 10.3 Å². The Kier molecular flexibility index (Phi) is 5.76. The number of nitrogens with zero attached hydrogens (tertiary/aromatic N) is 2. The van der Waals surface area contributed by atoms with Crippen LogP contribution in [0.25, 0.3) is 0 Å². The van der Waals surface area contributed by atoms with Crippen molar-refractivity contribution in [3.8, 4) is 0 Å². The molecule has 2 heterocycles. The third-order valence-corrected chi connectivity index (χ3v) is 4.42. The number of hydrogen-bond acceptors (Lipinski definition) is 4. The minimum atomic E-state index is 0.482. The van der Waals surface area contributed by atoms with Gasteiger partial charge in [-0.05, 0) is 30.9 Å². The van der Waals surface area contributed by atoms with Crippen LogP contribution in [0.3, 0.4) is 0 Å². The molecular weight excluding hydrogens is 278 g/mol. The van der Waals surface area contributed by atoms with Gasteiger partial charge in [0, 0.05) is 54.2 Å². The number of likely N-dealkylation sites (N-methyl/N-ethyl adjacent to an activating group) is 1. The zero-order valence-corrected chi connectivity index (χ0v) is 14.2. The van der Waals surface area contributed by atoms with Crippen LogP contribution in [0.5, 0.6) is 0 Å². The van der Waals surface area contributed by atoms with E-state index >= 15 is 0 Å². The summed E-state index contributed by atoms with van der Waals surface area (Å²) in [6.45, 7) is 8.28. The molecule has 0 aromatic carbocycles. The molecule has 0 radical (unpaired) electrons. The predicted molar refractivity (Wildman–Crippen MR) is 92.2 cm³/mol. The van der Waals surface area contributed by atoms with E-state index in [1.54, 1.807) is 0 Å². The fourth-order valence-corrected chi connectivity index (χ4v) is 2.93. The Morgan fingerprint density at radius 1 is 1.38 bits per heavy atom. The van der Waals surface area contributed by atoms with Crippen LogP contribution >= 0.6 is 11.3 Å². The molecule has 0 unspecified atom stereocenters. The number of rotatable bonds is 7. The molecule has 0 saturated carbocycles. The predicted octanol–water partition coefficient (Wildman–Crippen LogP) is 3.63. The molecule has 0 aliphatic heterocycles. The Morgan fingerprint density at radius 3 is 2.86 bits per heavy atom. The van der Waals surface area contributed by atoms with Crippen molar-refractivity contribution in [3.05, 3.63) is 45.9 Å². The quantitative estimate of drug-likeness (QED) is 0.846. The molecule has 0 atom stereocenters. The second-order valence-electron chi connectivity index (χ2n) is 5.74. The minimum Gasteiger partial charge on any atom is -0.374 e. The van der Waals surface area contributed by atoms with Gasteiger partial charge in [-0.1, -0.05) is 19.9 Å². The van der Waals surface area contributed by atoms with Gasteiger partial charge in [-0.15, -0.1) is 11.3 Å². The first kappa shape index (κ1) is 16.0. The van der Waals surface area contributed by atoms with E-state index in [0.29, 0.717) is 6.04 Å². The van der Waals surface area contributed by atoms with Gasteiger partial charge in [-0.3, -0.25) is 4.98 Å². The standard InChI is InChI=1S/C17H25N3S/c1-13(2)18-11-15-12-19-14(3)10-17(15)20(4)8-7-16-6-5-9-21-16/h5-6,9-10,12-13,18H,7-8,11H2,1-4H3.